The Labute approximate surface area is 164 Å². The van der Waals surface area contributed by atoms with Gasteiger partial charge in [-0.3, -0.25) is 10.1 Å². The Balaban J connectivity index is 1.77. The first kappa shape index (κ1) is 17.2. The van der Waals surface area contributed by atoms with Crippen LogP contribution in [-0.4, -0.2) is 25.1 Å². The van der Waals surface area contributed by atoms with Crippen molar-refractivity contribution in [3.63, 3.8) is 0 Å². The number of H-pyrrole nitrogens is 2. The molecule has 0 fully saturated rings. The van der Waals surface area contributed by atoms with Crippen LogP contribution in [-0.2, 0) is 19.3 Å². The highest BCUT2D eigenvalue weighted by Gasteiger charge is 2.22. The molecule has 4 heterocycles. The van der Waals surface area contributed by atoms with Gasteiger partial charge in [0.2, 0.25) is 0 Å². The topological polar surface area (TPSA) is 70.2 Å². The summed E-state index contributed by atoms with van der Waals surface area (Å²) >= 11 is 0. The number of aryl methyl sites for hydroxylation is 2. The first-order valence-electron chi connectivity index (χ1n) is 10.2. The van der Waals surface area contributed by atoms with E-state index in [1.165, 1.54) is 40.9 Å². The normalized spacial score (nSPS) is 13.8. The predicted octanol–water partition coefficient (Wildman–Crippen LogP) is 5.07. The van der Waals surface area contributed by atoms with Crippen molar-refractivity contribution in [3.8, 4) is 22.8 Å². The third kappa shape index (κ3) is 2.57. The maximum absolute atomic E-state index is 5.13. The quantitative estimate of drug-likeness (QED) is 0.528. The lowest BCUT2D eigenvalue weighted by molar-refractivity contribution is 0.688. The molecule has 5 heteroatoms. The second-order valence-electron chi connectivity index (χ2n) is 7.77. The zero-order valence-electron chi connectivity index (χ0n) is 16.7. The molecule has 2 N–H and O–H groups in total. The van der Waals surface area contributed by atoms with Gasteiger partial charge >= 0.3 is 0 Å². The van der Waals surface area contributed by atoms with Gasteiger partial charge in [0.15, 0.2) is 0 Å². The van der Waals surface area contributed by atoms with Crippen molar-refractivity contribution >= 4 is 10.8 Å². The summed E-state index contributed by atoms with van der Waals surface area (Å²) in [4.78, 5) is 13.1. The van der Waals surface area contributed by atoms with E-state index in [1.807, 2.05) is 18.5 Å². The highest BCUT2D eigenvalue weighted by Crippen LogP contribution is 2.36. The van der Waals surface area contributed by atoms with Gasteiger partial charge in [-0.2, -0.15) is 5.10 Å². The number of aromatic amines is 2. The van der Waals surface area contributed by atoms with Gasteiger partial charge in [0.1, 0.15) is 5.69 Å². The van der Waals surface area contributed by atoms with Crippen molar-refractivity contribution < 1.29 is 0 Å². The molecule has 0 saturated heterocycles. The lowest BCUT2D eigenvalue weighted by atomic mass is 9.91. The number of hydrogen-bond donors (Lipinski definition) is 2. The highest BCUT2D eigenvalue weighted by atomic mass is 15.1. The minimum absolute atomic E-state index is 0.931. The Kier molecular flexibility index (Phi) is 4.04. The van der Waals surface area contributed by atoms with Crippen molar-refractivity contribution in [1.82, 2.24) is 25.1 Å². The summed E-state index contributed by atoms with van der Waals surface area (Å²) in [5, 5.41) is 9.99. The van der Waals surface area contributed by atoms with Crippen LogP contribution in [0.5, 0.6) is 0 Å². The largest absolute Gasteiger partial charge is 0.357 e. The van der Waals surface area contributed by atoms with Gasteiger partial charge in [-0.15, -0.1) is 0 Å². The van der Waals surface area contributed by atoms with E-state index in [0.717, 1.165) is 52.8 Å². The van der Waals surface area contributed by atoms with Gasteiger partial charge in [0.05, 0.1) is 17.1 Å². The predicted molar refractivity (Wildman–Crippen MR) is 112 cm³/mol. The number of pyridine rings is 2. The van der Waals surface area contributed by atoms with Crippen molar-refractivity contribution in [2.45, 2.75) is 52.9 Å². The fourth-order valence-corrected chi connectivity index (χ4v) is 4.57. The Morgan fingerprint density at radius 2 is 1.89 bits per heavy atom. The van der Waals surface area contributed by atoms with Gasteiger partial charge < -0.3 is 4.98 Å². The maximum Gasteiger partial charge on any atom is 0.114 e. The molecule has 0 atom stereocenters. The molecule has 0 aromatic carbocycles. The number of nitrogens with zero attached hydrogens (tertiary/aromatic N) is 3. The minimum atomic E-state index is 0.931. The molecule has 5 rings (SSSR count). The molecule has 0 bridgehead atoms. The van der Waals surface area contributed by atoms with Crippen molar-refractivity contribution in [3.05, 3.63) is 52.6 Å². The zero-order chi connectivity index (χ0) is 19.3. The van der Waals surface area contributed by atoms with Crippen molar-refractivity contribution in [2.75, 3.05) is 0 Å². The van der Waals surface area contributed by atoms with Gasteiger partial charge in [-0.1, -0.05) is 6.92 Å². The van der Waals surface area contributed by atoms with Crippen LogP contribution < -0.4 is 0 Å². The molecule has 4 aromatic heterocycles. The number of aromatic nitrogens is 5. The third-order valence-corrected chi connectivity index (χ3v) is 6.11. The fourth-order valence-electron chi connectivity index (χ4n) is 4.57. The molecule has 5 nitrogen and oxygen atoms in total. The summed E-state index contributed by atoms with van der Waals surface area (Å²) in [6.07, 6.45) is 9.50. The second kappa shape index (κ2) is 6.59. The molecular formula is C23H25N5. The molecule has 0 amide bonds. The standard InChI is InChI=1S/C23H25N5/c1-4-19-13(2)21(28-27-19)23-17-9-10-24-12-15(17)11-20(26-23)22-18-8-6-5-7-16(18)14(3)25-22/h9-12,25H,4-8H2,1-3H3,(H,27,28). The molecule has 0 aliphatic heterocycles. The average molecular weight is 371 g/mol. The number of nitrogens with one attached hydrogen (secondary N) is 2. The van der Waals surface area contributed by atoms with Crippen LogP contribution in [0.1, 0.15) is 47.8 Å². The van der Waals surface area contributed by atoms with E-state index in [1.54, 1.807) is 0 Å². The SMILES string of the molecule is CCc1[nH]nc(-c2nc(-c3[nH]c(C)c4c3CCCC4)cc3cnccc23)c1C. The van der Waals surface area contributed by atoms with E-state index in [9.17, 15) is 0 Å². The number of fused-ring (bicyclic) bond motifs is 2. The first-order valence-corrected chi connectivity index (χ1v) is 10.2. The Morgan fingerprint density at radius 1 is 1.07 bits per heavy atom. The van der Waals surface area contributed by atoms with Gasteiger partial charge in [0.25, 0.3) is 0 Å². The first-order chi connectivity index (χ1) is 13.7. The maximum atomic E-state index is 5.13. The summed E-state index contributed by atoms with van der Waals surface area (Å²) in [6.45, 7) is 6.45. The van der Waals surface area contributed by atoms with Crippen LogP contribution in [0.3, 0.4) is 0 Å². The van der Waals surface area contributed by atoms with E-state index in [2.05, 4.69) is 47.0 Å². The van der Waals surface area contributed by atoms with Crippen molar-refractivity contribution in [2.24, 2.45) is 0 Å². The Hall–Kier alpha value is -2.95. The van der Waals surface area contributed by atoms with E-state index >= 15 is 0 Å². The number of hydrogen-bond acceptors (Lipinski definition) is 3. The van der Waals surface area contributed by atoms with Gasteiger partial charge in [-0.05, 0) is 74.8 Å². The van der Waals surface area contributed by atoms with Crippen LogP contribution in [0.15, 0.2) is 24.5 Å². The molecule has 1 aliphatic rings. The van der Waals surface area contributed by atoms with Crippen LogP contribution >= 0.6 is 0 Å². The molecule has 0 saturated carbocycles. The summed E-state index contributed by atoms with van der Waals surface area (Å²) in [7, 11) is 0. The molecule has 0 spiro atoms. The van der Waals surface area contributed by atoms with Gasteiger partial charge in [-0.25, -0.2) is 4.98 Å². The van der Waals surface area contributed by atoms with Crippen LogP contribution in [0.25, 0.3) is 33.5 Å². The van der Waals surface area contributed by atoms with Crippen molar-refractivity contribution in [1.29, 1.82) is 0 Å². The molecule has 28 heavy (non-hydrogen) atoms. The van der Waals surface area contributed by atoms with E-state index in [0.29, 0.717) is 0 Å². The smallest absolute Gasteiger partial charge is 0.114 e. The van der Waals surface area contributed by atoms with Crippen LogP contribution in [0, 0.1) is 13.8 Å². The summed E-state index contributed by atoms with van der Waals surface area (Å²) in [5.74, 6) is 0. The molecule has 0 radical (unpaired) electrons. The summed E-state index contributed by atoms with van der Waals surface area (Å²) in [6, 6.07) is 4.20. The minimum Gasteiger partial charge on any atom is -0.357 e. The lowest BCUT2D eigenvalue weighted by Gasteiger charge is -2.14. The second-order valence-corrected chi connectivity index (χ2v) is 7.77. The van der Waals surface area contributed by atoms with E-state index in [4.69, 9.17) is 4.98 Å². The summed E-state index contributed by atoms with van der Waals surface area (Å²) < 4.78 is 0. The average Bonchev–Trinajstić information content (AvgIpc) is 3.27. The molecule has 0 unspecified atom stereocenters. The molecular weight excluding hydrogens is 346 g/mol. The highest BCUT2D eigenvalue weighted by molar-refractivity contribution is 5.96. The monoisotopic (exact) mass is 371 g/mol. The van der Waals surface area contributed by atoms with E-state index < -0.39 is 0 Å². The number of rotatable bonds is 3. The summed E-state index contributed by atoms with van der Waals surface area (Å²) in [5.41, 5.74) is 10.6. The third-order valence-electron chi connectivity index (χ3n) is 6.11. The van der Waals surface area contributed by atoms with Gasteiger partial charge in [0, 0.05) is 34.6 Å². The Morgan fingerprint density at radius 3 is 2.68 bits per heavy atom. The molecule has 1 aliphatic carbocycles. The van der Waals surface area contributed by atoms with Crippen LogP contribution in [0.4, 0.5) is 0 Å². The molecule has 4 aromatic rings. The van der Waals surface area contributed by atoms with Crippen LogP contribution in [0.2, 0.25) is 0 Å². The fraction of sp³-hybridized carbons (Fsp3) is 0.348. The molecule has 142 valence electrons. The lowest BCUT2D eigenvalue weighted by Crippen LogP contribution is -2.02. The zero-order valence-corrected chi connectivity index (χ0v) is 16.7. The van der Waals surface area contributed by atoms with E-state index in [-0.39, 0.29) is 0 Å². The Bertz CT molecular complexity index is 1180.